The van der Waals surface area contributed by atoms with Gasteiger partial charge < -0.3 is 9.84 Å². The molecule has 0 fully saturated rings. The van der Waals surface area contributed by atoms with E-state index in [1.807, 2.05) is 30.3 Å². The zero-order valence-corrected chi connectivity index (χ0v) is 11.7. The van der Waals surface area contributed by atoms with Gasteiger partial charge in [-0.3, -0.25) is 0 Å². The lowest BCUT2D eigenvalue weighted by Crippen LogP contribution is -2.17. The standard InChI is InChI=1S/C15H16N4O2/c1-21-9-12(20)7-14-13-8-18-19(15(13)17-10-16-14)11-5-3-2-4-6-11/h2-6,8,10,12,20H,7,9H2,1H3. The van der Waals surface area contributed by atoms with Crippen LogP contribution in [0.1, 0.15) is 5.69 Å². The molecule has 1 unspecified atom stereocenters. The van der Waals surface area contributed by atoms with Crippen molar-refractivity contribution >= 4 is 11.0 Å². The molecule has 0 saturated carbocycles. The summed E-state index contributed by atoms with van der Waals surface area (Å²) in [5.74, 6) is 0. The average Bonchev–Trinajstić information content (AvgIpc) is 2.93. The van der Waals surface area contributed by atoms with E-state index < -0.39 is 6.10 Å². The van der Waals surface area contributed by atoms with Gasteiger partial charge in [0.1, 0.15) is 6.33 Å². The Morgan fingerprint density at radius 2 is 2.05 bits per heavy atom. The molecule has 1 atom stereocenters. The molecular weight excluding hydrogens is 268 g/mol. The number of nitrogens with zero attached hydrogens (tertiary/aromatic N) is 4. The summed E-state index contributed by atoms with van der Waals surface area (Å²) in [6.07, 6.45) is 3.05. The Labute approximate surface area is 122 Å². The number of methoxy groups -OCH3 is 1. The van der Waals surface area contributed by atoms with Crippen molar-refractivity contribution in [2.45, 2.75) is 12.5 Å². The second kappa shape index (κ2) is 5.99. The molecule has 3 rings (SSSR count). The van der Waals surface area contributed by atoms with Gasteiger partial charge in [-0.15, -0.1) is 0 Å². The quantitative estimate of drug-likeness (QED) is 0.766. The van der Waals surface area contributed by atoms with Crippen molar-refractivity contribution in [1.82, 2.24) is 19.7 Å². The Bertz CT molecular complexity index is 727. The van der Waals surface area contributed by atoms with Crippen LogP contribution in [-0.4, -0.2) is 44.7 Å². The molecule has 0 radical (unpaired) electrons. The Balaban J connectivity index is 2.00. The molecule has 2 heterocycles. The van der Waals surface area contributed by atoms with E-state index in [9.17, 15) is 5.11 Å². The molecular formula is C15H16N4O2. The molecule has 0 aliphatic carbocycles. The van der Waals surface area contributed by atoms with Gasteiger partial charge in [-0.1, -0.05) is 18.2 Å². The number of aliphatic hydroxyl groups excluding tert-OH is 1. The first-order chi connectivity index (χ1) is 10.3. The number of rotatable bonds is 5. The van der Waals surface area contributed by atoms with E-state index in [0.29, 0.717) is 6.42 Å². The van der Waals surface area contributed by atoms with Crippen molar-refractivity contribution in [2.75, 3.05) is 13.7 Å². The lowest BCUT2D eigenvalue weighted by molar-refractivity contribution is 0.0646. The van der Waals surface area contributed by atoms with Crippen molar-refractivity contribution in [3.8, 4) is 5.69 Å². The Morgan fingerprint density at radius 1 is 1.24 bits per heavy atom. The van der Waals surface area contributed by atoms with Crippen LogP contribution in [0, 0.1) is 0 Å². The summed E-state index contributed by atoms with van der Waals surface area (Å²) >= 11 is 0. The highest BCUT2D eigenvalue weighted by molar-refractivity contribution is 5.78. The fourth-order valence-electron chi connectivity index (χ4n) is 2.29. The molecule has 6 heteroatoms. The molecule has 3 aromatic rings. The van der Waals surface area contributed by atoms with Crippen LogP contribution in [0.3, 0.4) is 0 Å². The molecule has 1 N–H and O–H groups in total. The summed E-state index contributed by atoms with van der Waals surface area (Å²) in [7, 11) is 1.56. The van der Waals surface area contributed by atoms with Gasteiger partial charge >= 0.3 is 0 Å². The topological polar surface area (TPSA) is 73.1 Å². The monoisotopic (exact) mass is 284 g/mol. The number of hydrogen-bond donors (Lipinski definition) is 1. The maximum absolute atomic E-state index is 9.87. The van der Waals surface area contributed by atoms with Crippen molar-refractivity contribution in [3.63, 3.8) is 0 Å². The van der Waals surface area contributed by atoms with E-state index in [2.05, 4.69) is 15.1 Å². The predicted octanol–water partition coefficient (Wildman–Crippen LogP) is 1.37. The minimum Gasteiger partial charge on any atom is -0.390 e. The molecule has 0 saturated heterocycles. The first-order valence-corrected chi connectivity index (χ1v) is 6.69. The van der Waals surface area contributed by atoms with Gasteiger partial charge in [0.05, 0.1) is 35.7 Å². The number of aliphatic hydroxyl groups is 1. The summed E-state index contributed by atoms with van der Waals surface area (Å²) in [6.45, 7) is 0.276. The van der Waals surface area contributed by atoms with Gasteiger partial charge in [0.25, 0.3) is 0 Å². The SMILES string of the molecule is COCC(O)Cc1ncnc2c1cnn2-c1ccccc1. The summed E-state index contributed by atoms with van der Waals surface area (Å²) in [4.78, 5) is 8.56. The van der Waals surface area contributed by atoms with E-state index in [1.54, 1.807) is 18.0 Å². The van der Waals surface area contributed by atoms with E-state index in [-0.39, 0.29) is 6.61 Å². The van der Waals surface area contributed by atoms with Crippen LogP contribution in [0.5, 0.6) is 0 Å². The minimum absolute atomic E-state index is 0.276. The summed E-state index contributed by atoms with van der Waals surface area (Å²) < 4.78 is 6.72. The first kappa shape index (κ1) is 13.7. The van der Waals surface area contributed by atoms with Crippen LogP contribution in [-0.2, 0) is 11.2 Å². The molecule has 21 heavy (non-hydrogen) atoms. The van der Waals surface area contributed by atoms with Gasteiger partial charge in [-0.25, -0.2) is 14.6 Å². The number of aromatic nitrogens is 4. The molecule has 6 nitrogen and oxygen atoms in total. The highest BCUT2D eigenvalue weighted by atomic mass is 16.5. The molecule has 108 valence electrons. The molecule has 2 aromatic heterocycles. The van der Waals surface area contributed by atoms with Crippen LogP contribution in [0.2, 0.25) is 0 Å². The van der Waals surface area contributed by atoms with Gasteiger partial charge in [0, 0.05) is 13.5 Å². The fraction of sp³-hybridized carbons (Fsp3) is 0.267. The summed E-state index contributed by atoms with van der Waals surface area (Å²) in [5.41, 5.74) is 2.44. The molecule has 0 aliphatic heterocycles. The molecule has 0 bridgehead atoms. The number of hydrogen-bond acceptors (Lipinski definition) is 5. The number of fused-ring (bicyclic) bond motifs is 1. The average molecular weight is 284 g/mol. The number of benzene rings is 1. The molecule has 1 aromatic carbocycles. The van der Waals surface area contributed by atoms with E-state index in [1.165, 1.54) is 6.33 Å². The minimum atomic E-state index is -0.590. The third kappa shape index (κ3) is 2.76. The second-order valence-electron chi connectivity index (χ2n) is 4.76. The van der Waals surface area contributed by atoms with Crippen molar-refractivity contribution in [1.29, 1.82) is 0 Å². The lowest BCUT2D eigenvalue weighted by atomic mass is 10.1. The van der Waals surface area contributed by atoms with E-state index in [0.717, 1.165) is 22.4 Å². The normalized spacial score (nSPS) is 12.7. The zero-order chi connectivity index (χ0) is 14.7. The van der Waals surface area contributed by atoms with E-state index >= 15 is 0 Å². The van der Waals surface area contributed by atoms with E-state index in [4.69, 9.17) is 4.74 Å². The van der Waals surface area contributed by atoms with Crippen molar-refractivity contribution < 1.29 is 9.84 Å². The highest BCUT2D eigenvalue weighted by Crippen LogP contribution is 2.19. The summed E-state index contributed by atoms with van der Waals surface area (Å²) in [5, 5.41) is 15.1. The second-order valence-corrected chi connectivity index (χ2v) is 4.76. The van der Waals surface area contributed by atoms with Gasteiger partial charge in [-0.05, 0) is 12.1 Å². The zero-order valence-electron chi connectivity index (χ0n) is 11.7. The van der Waals surface area contributed by atoms with Gasteiger partial charge in [0.2, 0.25) is 0 Å². The molecule has 0 amide bonds. The number of para-hydroxylation sites is 1. The maximum atomic E-state index is 9.87. The third-order valence-corrected chi connectivity index (χ3v) is 3.24. The van der Waals surface area contributed by atoms with Gasteiger partial charge in [0.15, 0.2) is 5.65 Å². The molecule has 0 spiro atoms. The van der Waals surface area contributed by atoms with Crippen LogP contribution in [0.15, 0.2) is 42.9 Å². The van der Waals surface area contributed by atoms with Crippen molar-refractivity contribution in [3.05, 3.63) is 48.5 Å². The van der Waals surface area contributed by atoms with Crippen LogP contribution >= 0.6 is 0 Å². The van der Waals surface area contributed by atoms with Gasteiger partial charge in [-0.2, -0.15) is 5.10 Å². The first-order valence-electron chi connectivity index (χ1n) is 6.69. The highest BCUT2D eigenvalue weighted by Gasteiger charge is 2.14. The Morgan fingerprint density at radius 3 is 2.81 bits per heavy atom. The smallest absolute Gasteiger partial charge is 0.166 e. The Kier molecular flexibility index (Phi) is 3.89. The Hall–Kier alpha value is -2.31. The van der Waals surface area contributed by atoms with Crippen LogP contribution < -0.4 is 0 Å². The third-order valence-electron chi connectivity index (χ3n) is 3.24. The van der Waals surface area contributed by atoms with Crippen molar-refractivity contribution in [2.24, 2.45) is 0 Å². The summed E-state index contributed by atoms with van der Waals surface area (Å²) in [6, 6.07) is 9.79. The van der Waals surface area contributed by atoms with Crippen LogP contribution in [0.25, 0.3) is 16.7 Å². The fourth-order valence-corrected chi connectivity index (χ4v) is 2.29. The molecule has 0 aliphatic rings. The lowest BCUT2D eigenvalue weighted by Gasteiger charge is -2.09. The maximum Gasteiger partial charge on any atom is 0.166 e. The largest absolute Gasteiger partial charge is 0.390 e. The predicted molar refractivity (Wildman–Crippen MR) is 78.2 cm³/mol. The number of ether oxygens (including phenoxy) is 1. The van der Waals surface area contributed by atoms with Crippen LogP contribution in [0.4, 0.5) is 0 Å².